The largest absolute Gasteiger partial charge is 0.484 e. The molecule has 26 heavy (non-hydrogen) atoms. The van der Waals surface area contributed by atoms with Gasteiger partial charge in [0, 0.05) is 20.3 Å². The summed E-state index contributed by atoms with van der Waals surface area (Å²) in [7, 11) is 2.90. The highest BCUT2D eigenvalue weighted by atomic mass is 16.5. The fourth-order valence-electron chi connectivity index (χ4n) is 2.63. The molecule has 1 N–H and O–H groups in total. The number of carbonyl (C=O) groups is 1. The first-order chi connectivity index (χ1) is 12.4. The van der Waals surface area contributed by atoms with Crippen LogP contribution < -0.4 is 21.3 Å². The lowest BCUT2D eigenvalue weighted by Gasteiger charge is -2.12. The van der Waals surface area contributed by atoms with Crippen LogP contribution in [-0.2, 0) is 18.9 Å². The number of carbonyl (C=O) groups excluding carboxylic acids is 1. The quantitative estimate of drug-likeness (QED) is 0.753. The summed E-state index contributed by atoms with van der Waals surface area (Å²) < 4.78 is 7.70. The number of amides is 1. The van der Waals surface area contributed by atoms with Gasteiger partial charge in [0.15, 0.2) is 12.3 Å². The highest BCUT2D eigenvalue weighted by molar-refractivity contribution is 6.00. The van der Waals surface area contributed by atoms with Gasteiger partial charge in [0.25, 0.3) is 11.5 Å². The molecular weight excluding hydrogens is 336 g/mol. The van der Waals surface area contributed by atoms with Crippen molar-refractivity contribution in [2.24, 2.45) is 14.1 Å². The average Bonchev–Trinajstić information content (AvgIpc) is 2.63. The van der Waals surface area contributed by atoms with Crippen LogP contribution in [0, 0.1) is 6.92 Å². The molecule has 2 aromatic heterocycles. The summed E-state index contributed by atoms with van der Waals surface area (Å²) in [4.78, 5) is 40.8. The third-order valence-electron chi connectivity index (χ3n) is 3.97. The Bertz CT molecular complexity index is 1110. The van der Waals surface area contributed by atoms with Crippen molar-refractivity contribution in [3.63, 3.8) is 0 Å². The summed E-state index contributed by atoms with van der Waals surface area (Å²) in [6.07, 6.45) is 1.43. The minimum absolute atomic E-state index is 0.168. The first-order valence-electron chi connectivity index (χ1n) is 7.92. The van der Waals surface area contributed by atoms with E-state index in [1.165, 1.54) is 30.9 Å². The number of aromatic nitrogens is 3. The van der Waals surface area contributed by atoms with Crippen molar-refractivity contribution >= 4 is 22.6 Å². The molecule has 0 aliphatic rings. The van der Waals surface area contributed by atoms with Crippen LogP contribution >= 0.6 is 0 Å². The van der Waals surface area contributed by atoms with E-state index in [9.17, 15) is 14.4 Å². The van der Waals surface area contributed by atoms with Gasteiger partial charge >= 0.3 is 5.69 Å². The maximum atomic E-state index is 12.4. The second-order valence-corrected chi connectivity index (χ2v) is 5.92. The van der Waals surface area contributed by atoms with Crippen LogP contribution in [0.4, 0.5) is 5.69 Å². The van der Waals surface area contributed by atoms with Crippen LogP contribution in [0.1, 0.15) is 5.56 Å². The van der Waals surface area contributed by atoms with Gasteiger partial charge in [0.1, 0.15) is 11.1 Å². The zero-order valence-electron chi connectivity index (χ0n) is 14.6. The van der Waals surface area contributed by atoms with Crippen LogP contribution in [0.2, 0.25) is 0 Å². The Morgan fingerprint density at radius 2 is 1.96 bits per heavy atom. The fraction of sp³-hybridized carbons (Fsp3) is 0.222. The van der Waals surface area contributed by atoms with Gasteiger partial charge in [-0.2, -0.15) is 0 Å². The van der Waals surface area contributed by atoms with E-state index in [1.54, 1.807) is 6.07 Å². The zero-order chi connectivity index (χ0) is 18.8. The lowest BCUT2D eigenvalue weighted by atomic mass is 10.2. The van der Waals surface area contributed by atoms with Crippen LogP contribution in [0.25, 0.3) is 11.0 Å². The third-order valence-corrected chi connectivity index (χ3v) is 3.97. The van der Waals surface area contributed by atoms with Crippen molar-refractivity contribution in [2.45, 2.75) is 6.92 Å². The molecule has 8 nitrogen and oxygen atoms in total. The lowest BCUT2D eigenvalue weighted by Crippen LogP contribution is -2.37. The van der Waals surface area contributed by atoms with Gasteiger partial charge in [-0.3, -0.25) is 18.7 Å². The molecule has 0 saturated carbocycles. The first-order valence-corrected chi connectivity index (χ1v) is 7.92. The molecule has 3 aromatic rings. The predicted molar refractivity (Wildman–Crippen MR) is 97.5 cm³/mol. The zero-order valence-corrected chi connectivity index (χ0v) is 14.6. The molecule has 0 unspecified atom stereocenters. The number of fused-ring (bicyclic) bond motifs is 1. The summed E-state index contributed by atoms with van der Waals surface area (Å²) in [5.74, 6) is 0.160. The van der Waals surface area contributed by atoms with Crippen LogP contribution in [0.5, 0.6) is 5.75 Å². The number of pyridine rings is 1. The summed E-state index contributed by atoms with van der Waals surface area (Å²) in [5.41, 5.74) is 0.499. The Balaban J connectivity index is 1.88. The van der Waals surface area contributed by atoms with Gasteiger partial charge < -0.3 is 10.1 Å². The number of hydrogen-bond acceptors (Lipinski definition) is 5. The summed E-state index contributed by atoms with van der Waals surface area (Å²) in [6.45, 7) is 1.72. The molecule has 8 heteroatoms. The Morgan fingerprint density at radius 1 is 1.19 bits per heavy atom. The molecule has 0 bridgehead atoms. The van der Waals surface area contributed by atoms with E-state index in [4.69, 9.17) is 4.74 Å². The van der Waals surface area contributed by atoms with E-state index in [-0.39, 0.29) is 23.3 Å². The molecule has 1 aromatic carbocycles. The topological polar surface area (TPSA) is 95.2 Å². The van der Waals surface area contributed by atoms with Crippen molar-refractivity contribution in [3.05, 3.63) is 62.9 Å². The molecule has 0 saturated heterocycles. The molecule has 0 atom stereocenters. The third kappa shape index (κ3) is 3.21. The molecule has 3 rings (SSSR count). The van der Waals surface area contributed by atoms with Crippen molar-refractivity contribution in [1.82, 2.24) is 14.1 Å². The number of aryl methyl sites for hydroxylation is 2. The second-order valence-electron chi connectivity index (χ2n) is 5.92. The van der Waals surface area contributed by atoms with E-state index in [2.05, 4.69) is 10.3 Å². The highest BCUT2D eigenvalue weighted by Crippen LogP contribution is 2.17. The molecular formula is C18H18N4O4. The Hall–Kier alpha value is -3.42. The number of anilines is 1. The monoisotopic (exact) mass is 354 g/mol. The normalized spacial score (nSPS) is 10.7. The Kier molecular flexibility index (Phi) is 4.57. The molecule has 0 spiro atoms. The van der Waals surface area contributed by atoms with Crippen molar-refractivity contribution in [3.8, 4) is 5.75 Å². The summed E-state index contributed by atoms with van der Waals surface area (Å²) in [6, 6.07) is 8.85. The molecule has 134 valence electrons. The average molecular weight is 354 g/mol. The first kappa shape index (κ1) is 17.4. The number of benzene rings is 1. The number of nitrogens with zero attached hydrogens (tertiary/aromatic N) is 3. The molecule has 0 fully saturated rings. The molecule has 0 aliphatic carbocycles. The van der Waals surface area contributed by atoms with E-state index in [1.807, 2.05) is 25.1 Å². The minimum Gasteiger partial charge on any atom is -0.484 e. The van der Waals surface area contributed by atoms with Crippen molar-refractivity contribution < 1.29 is 9.53 Å². The lowest BCUT2D eigenvalue weighted by molar-refractivity contribution is -0.118. The maximum Gasteiger partial charge on any atom is 0.332 e. The summed E-state index contributed by atoms with van der Waals surface area (Å²) in [5, 5.41) is 2.82. The fourth-order valence-corrected chi connectivity index (χ4v) is 2.63. The Morgan fingerprint density at radius 3 is 2.69 bits per heavy atom. The van der Waals surface area contributed by atoms with E-state index >= 15 is 0 Å². The van der Waals surface area contributed by atoms with Gasteiger partial charge in [0.05, 0.1) is 5.69 Å². The van der Waals surface area contributed by atoms with Crippen LogP contribution in [-0.4, -0.2) is 26.6 Å². The van der Waals surface area contributed by atoms with E-state index in [0.29, 0.717) is 5.75 Å². The molecule has 1 amide bonds. The Labute approximate surface area is 148 Å². The van der Waals surface area contributed by atoms with Gasteiger partial charge in [-0.15, -0.1) is 0 Å². The molecule has 0 aliphatic heterocycles. The van der Waals surface area contributed by atoms with Crippen LogP contribution in [0.15, 0.2) is 46.1 Å². The molecule has 0 radical (unpaired) electrons. The number of nitrogens with one attached hydrogen (secondary N) is 1. The van der Waals surface area contributed by atoms with Crippen LogP contribution in [0.3, 0.4) is 0 Å². The predicted octanol–water partition coefficient (Wildman–Crippen LogP) is 0.958. The molecule has 2 heterocycles. The highest BCUT2D eigenvalue weighted by Gasteiger charge is 2.15. The second kappa shape index (κ2) is 6.83. The van der Waals surface area contributed by atoms with Gasteiger partial charge in [-0.05, 0) is 30.7 Å². The van der Waals surface area contributed by atoms with E-state index in [0.717, 1.165) is 10.1 Å². The van der Waals surface area contributed by atoms with Crippen molar-refractivity contribution in [1.29, 1.82) is 0 Å². The standard InChI is InChI=1S/C18H18N4O4/c1-11-5-4-6-12(9-11)26-10-14(23)20-13-7-8-19-16-15(13)17(24)22(3)18(25)21(16)2/h4-9H,10H2,1-3H3,(H,19,20,23). The SMILES string of the molecule is Cc1cccc(OCC(=O)Nc2ccnc3c2c(=O)n(C)c(=O)n3C)c1. The number of ether oxygens (including phenoxy) is 1. The minimum atomic E-state index is -0.522. The van der Waals surface area contributed by atoms with E-state index < -0.39 is 17.2 Å². The van der Waals surface area contributed by atoms with Gasteiger partial charge in [-0.25, -0.2) is 9.78 Å². The van der Waals surface area contributed by atoms with Gasteiger partial charge in [-0.1, -0.05) is 12.1 Å². The van der Waals surface area contributed by atoms with Gasteiger partial charge in [0.2, 0.25) is 0 Å². The summed E-state index contributed by atoms with van der Waals surface area (Å²) >= 11 is 0. The number of hydrogen-bond donors (Lipinski definition) is 1. The smallest absolute Gasteiger partial charge is 0.332 e. The maximum absolute atomic E-state index is 12.4. The number of rotatable bonds is 4. The van der Waals surface area contributed by atoms with Crippen molar-refractivity contribution in [2.75, 3.05) is 11.9 Å².